The van der Waals surface area contributed by atoms with Crippen molar-refractivity contribution in [3.8, 4) is 0 Å². The number of rotatable bonds is 7. The summed E-state index contributed by atoms with van der Waals surface area (Å²) in [6, 6.07) is 6.66. The van der Waals surface area contributed by atoms with Crippen LogP contribution in [0.5, 0.6) is 0 Å². The van der Waals surface area contributed by atoms with Crippen molar-refractivity contribution in [3.05, 3.63) is 24.3 Å². The number of nitrogen functional groups attached to an aromatic ring is 1. The zero-order chi connectivity index (χ0) is 14.5. The molecule has 0 atom stereocenters. The van der Waals surface area contributed by atoms with Gasteiger partial charge in [0.05, 0.1) is 4.90 Å². The number of hydrogen-bond donors (Lipinski definition) is 2. The molecule has 1 aromatic rings. The van der Waals surface area contributed by atoms with Crippen LogP contribution >= 0.6 is 0 Å². The van der Waals surface area contributed by atoms with Crippen LogP contribution in [-0.2, 0) is 10.0 Å². The largest absolute Gasteiger partial charge is 0.399 e. The maximum absolute atomic E-state index is 12.0. The maximum Gasteiger partial charge on any atom is 0.240 e. The third-order valence-electron chi connectivity index (χ3n) is 3.05. The first-order valence-electron chi connectivity index (χ1n) is 6.38. The predicted molar refractivity (Wildman–Crippen MR) is 78.4 cm³/mol. The molecule has 0 heterocycles. The minimum atomic E-state index is -3.42. The summed E-state index contributed by atoms with van der Waals surface area (Å²) in [5.74, 6) is 0. The molecule has 0 bridgehead atoms. The van der Waals surface area contributed by atoms with Crippen molar-refractivity contribution in [3.63, 3.8) is 0 Å². The monoisotopic (exact) mass is 285 g/mol. The highest BCUT2D eigenvalue weighted by atomic mass is 32.2. The van der Waals surface area contributed by atoms with Crippen LogP contribution in [0.1, 0.15) is 20.3 Å². The Balaban J connectivity index is 2.46. The van der Waals surface area contributed by atoms with E-state index >= 15 is 0 Å². The van der Waals surface area contributed by atoms with Crippen molar-refractivity contribution < 1.29 is 8.42 Å². The van der Waals surface area contributed by atoms with Gasteiger partial charge in [-0.3, -0.25) is 0 Å². The first-order chi connectivity index (χ1) is 8.83. The molecule has 108 valence electrons. The van der Waals surface area contributed by atoms with Crippen molar-refractivity contribution >= 4 is 15.7 Å². The van der Waals surface area contributed by atoms with Gasteiger partial charge in [0, 0.05) is 18.3 Å². The fourth-order valence-corrected chi connectivity index (χ4v) is 2.60. The van der Waals surface area contributed by atoms with E-state index in [-0.39, 0.29) is 4.90 Å². The lowest BCUT2D eigenvalue weighted by Crippen LogP contribution is -2.31. The van der Waals surface area contributed by atoms with Gasteiger partial charge in [0.15, 0.2) is 0 Å². The second-order valence-corrected chi connectivity index (χ2v) is 6.66. The number of nitrogens with zero attached hydrogens (tertiary/aromatic N) is 1. The fraction of sp³-hybridized carbons (Fsp3) is 0.538. The van der Waals surface area contributed by atoms with E-state index in [1.807, 2.05) is 7.05 Å². The van der Waals surface area contributed by atoms with Gasteiger partial charge in [-0.1, -0.05) is 0 Å². The Morgan fingerprint density at radius 1 is 1.26 bits per heavy atom. The molecule has 0 aliphatic carbocycles. The van der Waals surface area contributed by atoms with Crippen LogP contribution in [0.2, 0.25) is 0 Å². The summed E-state index contributed by atoms with van der Waals surface area (Å²) < 4.78 is 26.5. The smallest absolute Gasteiger partial charge is 0.240 e. The Morgan fingerprint density at radius 2 is 1.84 bits per heavy atom. The maximum atomic E-state index is 12.0. The van der Waals surface area contributed by atoms with E-state index < -0.39 is 10.0 Å². The molecule has 0 saturated heterocycles. The van der Waals surface area contributed by atoms with Crippen LogP contribution in [0.25, 0.3) is 0 Å². The molecule has 5 nitrogen and oxygen atoms in total. The van der Waals surface area contributed by atoms with Gasteiger partial charge in [-0.15, -0.1) is 0 Å². The number of sulfonamides is 1. The van der Waals surface area contributed by atoms with Crippen LogP contribution in [0.4, 0.5) is 5.69 Å². The molecule has 0 radical (unpaired) electrons. The van der Waals surface area contributed by atoms with Crippen LogP contribution in [0, 0.1) is 0 Å². The average Bonchev–Trinajstić information content (AvgIpc) is 2.34. The molecule has 0 fully saturated rings. The molecule has 0 spiro atoms. The van der Waals surface area contributed by atoms with E-state index in [0.717, 1.165) is 13.0 Å². The van der Waals surface area contributed by atoms with Crippen molar-refractivity contribution in [2.24, 2.45) is 0 Å². The quantitative estimate of drug-likeness (QED) is 0.584. The van der Waals surface area contributed by atoms with Gasteiger partial charge in [0.25, 0.3) is 0 Å². The lowest BCUT2D eigenvalue weighted by molar-refractivity contribution is 0.271. The van der Waals surface area contributed by atoms with Gasteiger partial charge in [-0.05, 0) is 58.1 Å². The van der Waals surface area contributed by atoms with Gasteiger partial charge >= 0.3 is 0 Å². The summed E-state index contributed by atoms with van der Waals surface area (Å²) in [4.78, 5) is 2.43. The Kier molecular flexibility index (Phi) is 5.78. The van der Waals surface area contributed by atoms with Crippen molar-refractivity contribution in [1.29, 1.82) is 0 Å². The molecule has 1 aromatic carbocycles. The second-order valence-electron chi connectivity index (χ2n) is 4.89. The molecule has 3 N–H and O–H groups in total. The third kappa shape index (κ3) is 5.18. The average molecular weight is 285 g/mol. The zero-order valence-electron chi connectivity index (χ0n) is 11.8. The Bertz CT molecular complexity index is 483. The first-order valence-corrected chi connectivity index (χ1v) is 7.86. The lowest BCUT2D eigenvalue weighted by atomic mass is 10.3. The SMILES string of the molecule is CC(C)N(C)CCCNS(=O)(=O)c1ccc(N)cc1. The van der Waals surface area contributed by atoms with E-state index in [9.17, 15) is 8.42 Å². The molecule has 0 amide bonds. The van der Waals surface area contributed by atoms with Gasteiger partial charge in [0.1, 0.15) is 0 Å². The highest BCUT2D eigenvalue weighted by Crippen LogP contribution is 2.11. The highest BCUT2D eigenvalue weighted by molar-refractivity contribution is 7.89. The van der Waals surface area contributed by atoms with Crippen molar-refractivity contribution in [2.45, 2.75) is 31.2 Å². The number of nitrogens with two attached hydrogens (primary N) is 1. The van der Waals surface area contributed by atoms with Gasteiger partial charge < -0.3 is 10.6 Å². The number of nitrogens with one attached hydrogen (secondary N) is 1. The predicted octanol–water partition coefficient (Wildman–Crippen LogP) is 1.28. The molecule has 6 heteroatoms. The molecule has 0 aromatic heterocycles. The van der Waals surface area contributed by atoms with E-state index in [2.05, 4.69) is 23.5 Å². The summed E-state index contributed by atoms with van der Waals surface area (Å²) in [5, 5.41) is 0. The molecule has 19 heavy (non-hydrogen) atoms. The van der Waals surface area contributed by atoms with Crippen LogP contribution in [0.3, 0.4) is 0 Å². The summed E-state index contributed by atoms with van der Waals surface area (Å²) in [5.41, 5.74) is 6.09. The minimum Gasteiger partial charge on any atom is -0.399 e. The van der Waals surface area contributed by atoms with Gasteiger partial charge in [0.2, 0.25) is 10.0 Å². The Hall–Kier alpha value is -1.11. The fourth-order valence-electron chi connectivity index (χ4n) is 1.52. The normalized spacial score (nSPS) is 12.3. The van der Waals surface area contributed by atoms with E-state index in [4.69, 9.17) is 5.73 Å². The summed E-state index contributed by atoms with van der Waals surface area (Å²) >= 11 is 0. The molecule has 0 unspecified atom stereocenters. The summed E-state index contributed by atoms with van der Waals surface area (Å²) in [6.45, 7) is 5.52. The summed E-state index contributed by atoms with van der Waals surface area (Å²) in [7, 11) is -1.39. The first kappa shape index (κ1) is 15.9. The third-order valence-corrected chi connectivity index (χ3v) is 4.53. The van der Waals surface area contributed by atoms with Crippen molar-refractivity contribution in [2.75, 3.05) is 25.9 Å². The number of benzene rings is 1. The van der Waals surface area contributed by atoms with E-state index in [1.54, 1.807) is 12.1 Å². The second kappa shape index (κ2) is 6.88. The molecular formula is C13H23N3O2S. The van der Waals surface area contributed by atoms with Gasteiger partial charge in [-0.2, -0.15) is 0 Å². The number of anilines is 1. The van der Waals surface area contributed by atoms with Crippen molar-refractivity contribution in [1.82, 2.24) is 9.62 Å². The van der Waals surface area contributed by atoms with Crippen LogP contribution in [-0.4, -0.2) is 39.5 Å². The molecule has 0 saturated carbocycles. The van der Waals surface area contributed by atoms with E-state index in [1.165, 1.54) is 12.1 Å². The standard InChI is InChI=1S/C13H23N3O2S/c1-11(2)16(3)10-4-9-15-19(17,18)13-7-5-12(14)6-8-13/h5-8,11,15H,4,9-10,14H2,1-3H3. The van der Waals surface area contributed by atoms with Crippen LogP contribution < -0.4 is 10.5 Å². The Morgan fingerprint density at radius 3 is 2.37 bits per heavy atom. The zero-order valence-corrected chi connectivity index (χ0v) is 12.6. The molecular weight excluding hydrogens is 262 g/mol. The van der Waals surface area contributed by atoms with E-state index in [0.29, 0.717) is 18.3 Å². The molecule has 1 rings (SSSR count). The molecule has 0 aliphatic heterocycles. The Labute approximate surface area is 115 Å². The molecule has 0 aliphatic rings. The topological polar surface area (TPSA) is 75.4 Å². The minimum absolute atomic E-state index is 0.249. The highest BCUT2D eigenvalue weighted by Gasteiger charge is 2.12. The lowest BCUT2D eigenvalue weighted by Gasteiger charge is -2.20. The number of hydrogen-bond acceptors (Lipinski definition) is 4. The van der Waals surface area contributed by atoms with Gasteiger partial charge in [-0.25, -0.2) is 13.1 Å². The summed E-state index contributed by atoms with van der Waals surface area (Å²) in [6.07, 6.45) is 0.781. The van der Waals surface area contributed by atoms with Crippen LogP contribution in [0.15, 0.2) is 29.2 Å².